The molecule has 3 heterocycles. The highest BCUT2D eigenvalue weighted by Gasteiger charge is 2.62. The van der Waals surface area contributed by atoms with Gasteiger partial charge in [0.05, 0.1) is 28.1 Å². The number of nitrogens with one attached hydrogen (secondary N) is 3. The van der Waals surface area contributed by atoms with Crippen molar-refractivity contribution in [2.24, 2.45) is 5.92 Å². The number of carbonyl (C=O) groups excluding carboxylic acids is 3. The largest absolute Gasteiger partial charge is 0.465 e. The minimum Gasteiger partial charge on any atom is -0.465 e. The summed E-state index contributed by atoms with van der Waals surface area (Å²) in [6.07, 6.45) is 9.00. The molecule has 5 atom stereocenters. The van der Waals surface area contributed by atoms with Crippen LogP contribution in [-0.4, -0.2) is 71.5 Å². The van der Waals surface area contributed by atoms with Crippen molar-refractivity contribution >= 4 is 49.3 Å². The van der Waals surface area contributed by atoms with E-state index in [0.29, 0.717) is 31.0 Å². The maximum absolute atomic E-state index is 14.4. The molecule has 4 aliphatic rings. The third kappa shape index (κ3) is 7.53. The maximum Gasteiger partial charge on any atom is 0.274 e. The third-order valence-electron chi connectivity index (χ3n) is 10.0. The Morgan fingerprint density at radius 2 is 1.92 bits per heavy atom. The highest BCUT2D eigenvalue weighted by molar-refractivity contribution is 7.91. The molecule has 0 unspecified atom stereocenters. The summed E-state index contributed by atoms with van der Waals surface area (Å²) in [6.45, 7) is 2.69. The second-order valence-corrected chi connectivity index (χ2v) is 16.8. The highest BCUT2D eigenvalue weighted by Crippen LogP contribution is 2.46. The monoisotopic (exact) mass is 705 g/mol. The van der Waals surface area contributed by atoms with E-state index in [1.54, 1.807) is 4.90 Å². The van der Waals surface area contributed by atoms with Gasteiger partial charge in [0.1, 0.15) is 17.7 Å². The van der Waals surface area contributed by atoms with Crippen molar-refractivity contribution in [2.75, 3.05) is 6.54 Å². The molecule has 11 nitrogen and oxygen atoms in total. The number of ether oxygens (including phenoxy) is 1. The number of sulfonamides is 1. The average Bonchev–Trinajstić information content (AvgIpc) is 3.97. The molecule has 0 bridgehead atoms. The Balaban J connectivity index is 1.16. The number of allylic oxidation sites excluding steroid dienone is 1. The number of benzene rings is 2. The molecule has 3 aromatic rings. The van der Waals surface area contributed by atoms with Crippen molar-refractivity contribution in [3.63, 3.8) is 0 Å². The lowest BCUT2D eigenvalue weighted by atomic mass is 10.0. The summed E-state index contributed by atoms with van der Waals surface area (Å²) < 4.78 is 35.1. The fraction of sp³-hybridized carbons (Fsp3) is 0.500. The van der Waals surface area contributed by atoms with Crippen LogP contribution in [0.2, 0.25) is 0 Å². The van der Waals surface area contributed by atoms with Gasteiger partial charge in [0.15, 0.2) is 0 Å². The molecule has 13 heteroatoms. The molecule has 2 aliphatic carbocycles. The first kappa shape index (κ1) is 33.7. The lowest BCUT2D eigenvalue weighted by Gasteiger charge is -2.30. The summed E-state index contributed by atoms with van der Waals surface area (Å²) >= 11 is 1.42. The predicted molar refractivity (Wildman–Crippen MR) is 187 cm³/mol. The fourth-order valence-corrected chi connectivity index (χ4v) is 9.29. The number of thiazole rings is 1. The van der Waals surface area contributed by atoms with E-state index in [9.17, 15) is 22.8 Å². The van der Waals surface area contributed by atoms with Crippen molar-refractivity contribution in [2.45, 2.75) is 100 Å². The van der Waals surface area contributed by atoms with Gasteiger partial charge < -0.3 is 20.3 Å². The van der Waals surface area contributed by atoms with Crippen LogP contribution in [0.4, 0.5) is 0 Å². The van der Waals surface area contributed by atoms with E-state index in [4.69, 9.17) is 4.74 Å². The summed E-state index contributed by atoms with van der Waals surface area (Å²) in [5, 5.41) is 6.30. The van der Waals surface area contributed by atoms with Crippen molar-refractivity contribution in [1.82, 2.24) is 25.2 Å². The zero-order valence-electron chi connectivity index (χ0n) is 27.6. The van der Waals surface area contributed by atoms with Crippen LogP contribution in [0.25, 0.3) is 10.2 Å². The zero-order chi connectivity index (χ0) is 34.2. The summed E-state index contributed by atoms with van der Waals surface area (Å²) in [5.41, 5.74) is 1.58. The first-order valence-electron chi connectivity index (χ1n) is 17.3. The predicted octanol–water partition coefficient (Wildman–Crippen LogP) is 4.12. The molecule has 49 heavy (non-hydrogen) atoms. The molecule has 1 saturated heterocycles. The van der Waals surface area contributed by atoms with Crippen LogP contribution in [0.1, 0.15) is 68.9 Å². The normalized spacial score (nSPS) is 27.8. The minimum absolute atomic E-state index is 0.175. The third-order valence-corrected chi connectivity index (χ3v) is 12.8. The Labute approximate surface area is 290 Å². The van der Waals surface area contributed by atoms with Crippen LogP contribution in [0.15, 0.2) is 60.7 Å². The number of rotatable bonds is 8. The van der Waals surface area contributed by atoms with E-state index < -0.39 is 50.8 Å². The molecular weight excluding hydrogens is 663 g/mol. The Morgan fingerprint density at radius 1 is 1.10 bits per heavy atom. The standard InChI is InChI=1S/C36H43N5O6S2/c1-23-14-17-28-31(18-23)48-35(38-28)47-26-19-30-32(42)39-36(34(44)40-49(45,46)27-15-16-27)20-25(36)12-8-3-2-4-9-13-29(33(43)41(30)22-26)37-21-24-10-6-5-7-11-24/h5-8,10-12,14,17-18,25-27,29-30,37H,2-4,9,13,15-16,19-22H2,1H3,(H,39,42)(H,40,44)/t25-,26-,29+,30+,36-/m1/s1. The van der Waals surface area contributed by atoms with Gasteiger partial charge in [-0.05, 0) is 68.7 Å². The molecule has 2 saturated carbocycles. The second kappa shape index (κ2) is 13.8. The molecule has 260 valence electrons. The van der Waals surface area contributed by atoms with E-state index in [1.807, 2.05) is 67.6 Å². The van der Waals surface area contributed by atoms with Gasteiger partial charge in [-0.2, -0.15) is 0 Å². The molecule has 7 rings (SSSR count). The average molecular weight is 706 g/mol. The number of carbonyl (C=O) groups is 3. The second-order valence-electron chi connectivity index (χ2n) is 13.9. The fourth-order valence-electron chi connectivity index (χ4n) is 6.94. The van der Waals surface area contributed by atoms with Gasteiger partial charge in [0, 0.05) is 18.9 Å². The SMILES string of the molecule is Cc1ccc2nc(O[C@@H]3C[C@H]4C(=O)N[C@]5(C(=O)NS(=O)(=O)C6CC6)C[C@H]5C=CCCCCC[C@H](NCc5ccccc5)C(=O)N4C3)sc2c1. The van der Waals surface area contributed by atoms with Crippen LogP contribution >= 0.6 is 11.3 Å². The van der Waals surface area contributed by atoms with E-state index in [-0.39, 0.29) is 31.2 Å². The van der Waals surface area contributed by atoms with Gasteiger partial charge in [-0.1, -0.05) is 72.7 Å². The van der Waals surface area contributed by atoms with E-state index >= 15 is 0 Å². The maximum atomic E-state index is 14.4. The highest BCUT2D eigenvalue weighted by atomic mass is 32.2. The first-order valence-corrected chi connectivity index (χ1v) is 19.6. The molecule has 0 radical (unpaired) electrons. The van der Waals surface area contributed by atoms with Gasteiger partial charge in [-0.15, -0.1) is 0 Å². The van der Waals surface area contributed by atoms with Gasteiger partial charge in [0.25, 0.3) is 11.1 Å². The summed E-state index contributed by atoms with van der Waals surface area (Å²) in [5.74, 6) is -1.76. The van der Waals surface area contributed by atoms with Crippen LogP contribution in [0.3, 0.4) is 0 Å². The molecule has 2 aliphatic heterocycles. The van der Waals surface area contributed by atoms with E-state index in [1.165, 1.54) is 11.3 Å². The molecule has 1 aromatic heterocycles. The van der Waals surface area contributed by atoms with Gasteiger partial charge in [0.2, 0.25) is 21.8 Å². The number of amides is 3. The molecule has 2 aromatic carbocycles. The lowest BCUT2D eigenvalue weighted by Crippen LogP contribution is -2.58. The van der Waals surface area contributed by atoms with Gasteiger partial charge in [-0.25, -0.2) is 13.4 Å². The Morgan fingerprint density at radius 3 is 2.71 bits per heavy atom. The van der Waals surface area contributed by atoms with Gasteiger partial charge in [-0.3, -0.25) is 19.1 Å². The van der Waals surface area contributed by atoms with Crippen molar-refractivity contribution < 1.29 is 27.5 Å². The topological polar surface area (TPSA) is 147 Å². The number of aromatic nitrogens is 1. The molecule has 3 amide bonds. The smallest absolute Gasteiger partial charge is 0.274 e. The Bertz CT molecular complexity index is 1860. The van der Waals surface area contributed by atoms with Crippen molar-refractivity contribution in [3.05, 3.63) is 71.8 Å². The number of aryl methyl sites for hydroxylation is 1. The van der Waals surface area contributed by atoms with Crippen LogP contribution in [-0.2, 0) is 31.0 Å². The summed E-state index contributed by atoms with van der Waals surface area (Å²) in [7, 11) is -3.82. The van der Waals surface area contributed by atoms with Crippen LogP contribution in [0.5, 0.6) is 5.19 Å². The quantitative estimate of drug-likeness (QED) is 0.297. The molecule has 3 fully saturated rings. The number of fused-ring (bicyclic) bond motifs is 3. The van der Waals surface area contributed by atoms with Gasteiger partial charge >= 0.3 is 0 Å². The minimum atomic E-state index is -3.82. The number of hydrogen-bond acceptors (Lipinski definition) is 9. The first-order chi connectivity index (χ1) is 23.6. The van der Waals surface area contributed by atoms with Crippen molar-refractivity contribution in [3.8, 4) is 5.19 Å². The zero-order valence-corrected chi connectivity index (χ0v) is 29.2. The van der Waals surface area contributed by atoms with Crippen LogP contribution in [0, 0.1) is 12.8 Å². The number of nitrogens with zero attached hydrogens (tertiary/aromatic N) is 2. The van der Waals surface area contributed by atoms with E-state index in [0.717, 1.165) is 47.0 Å². The number of hydrogen-bond donors (Lipinski definition) is 3. The van der Waals surface area contributed by atoms with E-state index in [2.05, 4.69) is 20.3 Å². The summed E-state index contributed by atoms with van der Waals surface area (Å²) in [6, 6.07) is 14.4. The molecular formula is C36H43N5O6S2. The van der Waals surface area contributed by atoms with Crippen LogP contribution < -0.4 is 20.1 Å². The molecule has 0 spiro atoms. The lowest BCUT2D eigenvalue weighted by molar-refractivity contribution is -0.141. The summed E-state index contributed by atoms with van der Waals surface area (Å²) in [4.78, 5) is 48.5. The molecule has 3 N–H and O–H groups in total. The Hall–Kier alpha value is -3.81. The van der Waals surface area contributed by atoms with Crippen molar-refractivity contribution in [1.29, 1.82) is 0 Å². The Kier molecular flexibility index (Phi) is 9.51.